The second-order valence-corrected chi connectivity index (χ2v) is 11.7. The third kappa shape index (κ3) is 6.46. The molecular formula is C19H17F17O4S2. The van der Waals surface area contributed by atoms with E-state index in [2.05, 4.69) is 26.0 Å². The summed E-state index contributed by atoms with van der Waals surface area (Å²) in [6.45, 7) is 4.49. The summed E-state index contributed by atoms with van der Waals surface area (Å²) in [5, 5.41) is -7.95. The Hall–Kier alpha value is -1.91. The maximum Gasteiger partial charge on any atom is 0.460 e. The van der Waals surface area contributed by atoms with Gasteiger partial charge in [-0.2, -0.15) is 74.6 Å². The molecule has 0 heterocycles. The minimum atomic E-state index is -8.92. The van der Waals surface area contributed by atoms with Crippen molar-refractivity contribution in [1.82, 2.24) is 0 Å². The summed E-state index contributed by atoms with van der Waals surface area (Å²) in [6.07, 6.45) is -7.89. The van der Waals surface area contributed by atoms with E-state index in [0.29, 0.717) is 10.9 Å². The highest BCUT2D eigenvalue weighted by molar-refractivity contribution is 7.96. The zero-order valence-corrected chi connectivity index (χ0v) is 22.2. The van der Waals surface area contributed by atoms with E-state index in [1.807, 2.05) is 12.1 Å². The molecule has 0 aliphatic heterocycles. The normalized spacial score (nSPS) is 14.9. The number of hydrogen-bond acceptors (Lipinski definition) is 4. The van der Waals surface area contributed by atoms with Crippen LogP contribution in [0.25, 0.3) is 0 Å². The quantitative estimate of drug-likeness (QED) is 0.139. The van der Waals surface area contributed by atoms with Crippen LogP contribution in [0.3, 0.4) is 0 Å². The molecule has 0 saturated heterocycles. The van der Waals surface area contributed by atoms with Crippen molar-refractivity contribution in [2.24, 2.45) is 0 Å². The molecule has 1 rings (SSSR count). The second-order valence-electron chi connectivity index (χ2n) is 7.66. The molecule has 4 nitrogen and oxygen atoms in total. The van der Waals surface area contributed by atoms with Gasteiger partial charge in [-0.25, -0.2) is 8.42 Å². The molecule has 0 N–H and O–H groups in total. The van der Waals surface area contributed by atoms with Crippen molar-refractivity contribution in [2.75, 3.05) is 18.6 Å². The zero-order chi connectivity index (χ0) is 34.2. The second kappa shape index (κ2) is 12.2. The van der Waals surface area contributed by atoms with Gasteiger partial charge in [0.1, 0.15) is 17.3 Å². The lowest BCUT2D eigenvalue weighted by molar-refractivity contribution is -0.458. The predicted molar refractivity (Wildman–Crippen MR) is 110 cm³/mol. The van der Waals surface area contributed by atoms with Gasteiger partial charge in [-0.05, 0) is 38.1 Å². The van der Waals surface area contributed by atoms with Crippen molar-refractivity contribution in [3.8, 4) is 5.75 Å². The van der Waals surface area contributed by atoms with E-state index < -0.39 is 57.1 Å². The number of benzene rings is 1. The van der Waals surface area contributed by atoms with E-state index >= 15 is 0 Å². The molecule has 42 heavy (non-hydrogen) atoms. The number of rotatable bonds is 11. The zero-order valence-electron chi connectivity index (χ0n) is 20.6. The third-order valence-electron chi connectivity index (χ3n) is 5.10. The largest absolute Gasteiger partial charge is 0.743 e. The maximum atomic E-state index is 13.0. The summed E-state index contributed by atoms with van der Waals surface area (Å²) in [7, 11) is -6.01. The van der Waals surface area contributed by atoms with Gasteiger partial charge in [0.25, 0.3) is 0 Å². The maximum absolute atomic E-state index is 13.0. The van der Waals surface area contributed by atoms with Gasteiger partial charge in [0.2, 0.25) is 0 Å². The van der Waals surface area contributed by atoms with Crippen molar-refractivity contribution in [1.29, 1.82) is 0 Å². The molecule has 0 aliphatic carbocycles. The Labute approximate surface area is 228 Å². The highest BCUT2D eigenvalue weighted by atomic mass is 32.2. The number of halogens is 17. The fourth-order valence-corrected chi connectivity index (χ4v) is 4.65. The van der Waals surface area contributed by atoms with Gasteiger partial charge in [0, 0.05) is 10.9 Å². The minimum Gasteiger partial charge on any atom is -0.743 e. The Kier molecular flexibility index (Phi) is 11.7. The summed E-state index contributed by atoms with van der Waals surface area (Å²) in [5.41, 5.74) is 0. The van der Waals surface area contributed by atoms with Crippen LogP contribution in [-0.2, 0) is 21.0 Å². The molecule has 0 aromatic heterocycles. The summed E-state index contributed by atoms with van der Waals surface area (Å²) in [4.78, 5) is 1.45. The lowest BCUT2D eigenvalue weighted by Gasteiger charge is -2.42. The highest BCUT2D eigenvalue weighted by Crippen LogP contribution is 2.64. The molecule has 1 aromatic carbocycles. The van der Waals surface area contributed by atoms with E-state index in [-0.39, 0.29) is 0 Å². The van der Waals surface area contributed by atoms with E-state index in [1.54, 1.807) is 7.11 Å². The fraction of sp³-hybridized carbons (Fsp3) is 0.684. The Morgan fingerprint density at radius 2 is 0.929 bits per heavy atom. The standard InChI is InChI=1S/C11H17OS.C8HF17O3S/c1-4-13(5-2)11-8-6-10(12-3)7-9-11;9-1(10,3(13,14)5(17,18)7(21,22)23)2(11,12)4(15,16)6(19,20)8(24,25)29(26,27)28/h6-9H,4-5H2,1-3H3;(H,26,27,28)/q+1;/p-1. The summed E-state index contributed by atoms with van der Waals surface area (Å²) in [5.74, 6) is -48.7. The summed E-state index contributed by atoms with van der Waals surface area (Å²) in [6, 6.07) is 8.44. The predicted octanol–water partition coefficient (Wildman–Crippen LogP) is 7.21. The highest BCUT2D eigenvalue weighted by Gasteiger charge is 2.95. The summed E-state index contributed by atoms with van der Waals surface area (Å²) >= 11 is 0. The van der Waals surface area contributed by atoms with Crippen LogP contribution in [0.1, 0.15) is 13.8 Å². The van der Waals surface area contributed by atoms with Crippen molar-refractivity contribution in [3.05, 3.63) is 24.3 Å². The van der Waals surface area contributed by atoms with Crippen LogP contribution in [0.2, 0.25) is 0 Å². The Bertz CT molecular complexity index is 1150. The Morgan fingerprint density at radius 3 is 1.19 bits per heavy atom. The SMILES string of the molecule is CC[S+](CC)c1ccc(OC)cc1.O=S(=O)([O-])C(F)(F)C(F)(F)C(F)(F)C(F)(F)C(F)(F)C(F)(F)C(F)(F)C(F)(F)F. The first-order chi connectivity index (χ1) is 18.3. The number of alkyl halides is 17. The number of hydrogen-bond donors (Lipinski definition) is 0. The average Bonchev–Trinajstić information content (AvgIpc) is 2.83. The van der Waals surface area contributed by atoms with Crippen molar-refractivity contribution >= 4 is 21.0 Å². The van der Waals surface area contributed by atoms with Crippen LogP contribution in [0.4, 0.5) is 74.6 Å². The molecule has 23 heteroatoms. The Balaban J connectivity index is 0.00000107. The van der Waals surface area contributed by atoms with E-state index in [9.17, 15) is 87.6 Å². The van der Waals surface area contributed by atoms with E-state index in [1.165, 1.54) is 16.4 Å². The van der Waals surface area contributed by atoms with E-state index in [4.69, 9.17) is 4.74 Å². The molecule has 0 fully saturated rings. The van der Waals surface area contributed by atoms with Gasteiger partial charge < -0.3 is 9.29 Å². The lowest BCUT2D eigenvalue weighted by atomic mass is 9.91. The van der Waals surface area contributed by atoms with E-state index in [0.717, 1.165) is 5.75 Å². The lowest BCUT2D eigenvalue weighted by Crippen LogP contribution is -2.75. The molecule has 0 unspecified atom stereocenters. The first-order valence-electron chi connectivity index (χ1n) is 10.3. The molecule has 0 amide bonds. The minimum absolute atomic E-state index is 0.432. The first-order valence-corrected chi connectivity index (χ1v) is 13.3. The number of methoxy groups -OCH3 is 1. The topological polar surface area (TPSA) is 66.4 Å². The van der Waals surface area contributed by atoms with Gasteiger partial charge in [-0.15, -0.1) is 0 Å². The molecule has 0 radical (unpaired) electrons. The fourth-order valence-electron chi connectivity index (χ4n) is 2.61. The van der Waals surface area contributed by atoms with Crippen LogP contribution >= 0.6 is 0 Å². The monoisotopic (exact) mass is 696 g/mol. The van der Waals surface area contributed by atoms with Gasteiger partial charge in [-0.1, -0.05) is 0 Å². The summed E-state index contributed by atoms with van der Waals surface area (Å²) < 4.78 is 249. The van der Waals surface area contributed by atoms with Crippen molar-refractivity contribution in [2.45, 2.75) is 65.7 Å². The van der Waals surface area contributed by atoms with Crippen molar-refractivity contribution < 1.29 is 92.3 Å². The average molecular weight is 696 g/mol. The smallest absolute Gasteiger partial charge is 0.460 e. The van der Waals surface area contributed by atoms with Gasteiger partial charge in [0.15, 0.2) is 15.0 Å². The molecular weight excluding hydrogens is 679 g/mol. The van der Waals surface area contributed by atoms with Gasteiger partial charge in [0.05, 0.1) is 7.11 Å². The molecule has 0 saturated carbocycles. The van der Waals surface area contributed by atoms with Crippen LogP contribution in [0.5, 0.6) is 5.75 Å². The molecule has 0 atom stereocenters. The van der Waals surface area contributed by atoms with Crippen LogP contribution in [0, 0.1) is 0 Å². The first kappa shape index (κ1) is 40.1. The van der Waals surface area contributed by atoms with Crippen LogP contribution in [0.15, 0.2) is 29.2 Å². The Morgan fingerprint density at radius 1 is 0.619 bits per heavy atom. The van der Waals surface area contributed by atoms with Crippen LogP contribution in [-0.4, -0.2) is 78.6 Å². The van der Waals surface area contributed by atoms with Crippen molar-refractivity contribution in [3.63, 3.8) is 0 Å². The molecule has 248 valence electrons. The molecule has 1 aromatic rings. The van der Waals surface area contributed by atoms with Gasteiger partial charge in [-0.3, -0.25) is 0 Å². The third-order valence-corrected chi connectivity index (χ3v) is 8.31. The molecule has 0 aliphatic rings. The molecule has 0 bridgehead atoms. The van der Waals surface area contributed by atoms with Gasteiger partial charge >= 0.3 is 47.0 Å². The molecule has 0 spiro atoms. The van der Waals surface area contributed by atoms with Crippen LogP contribution < -0.4 is 4.74 Å². The number of ether oxygens (including phenoxy) is 1.